The van der Waals surface area contributed by atoms with Crippen molar-refractivity contribution in [3.63, 3.8) is 0 Å². The van der Waals surface area contributed by atoms with Gasteiger partial charge in [-0.3, -0.25) is 0 Å². The zero-order chi connectivity index (χ0) is 10.1. The van der Waals surface area contributed by atoms with Crippen LogP contribution in [0.25, 0.3) is 11.2 Å². The molecule has 0 aliphatic heterocycles. The van der Waals surface area contributed by atoms with Crippen LogP contribution in [0.4, 0.5) is 0 Å². The molecule has 0 N–H and O–H groups in total. The maximum absolute atomic E-state index is 8.88. The highest BCUT2D eigenvalue weighted by Crippen LogP contribution is 2.12. The Kier molecular flexibility index (Phi) is 1.89. The summed E-state index contributed by atoms with van der Waals surface area (Å²) in [5.74, 6) is 0.678. The highest BCUT2D eigenvalue weighted by Gasteiger charge is 2.09. The summed E-state index contributed by atoms with van der Waals surface area (Å²) in [6.45, 7) is 1.96. The molecule has 2 heterocycles. The van der Waals surface area contributed by atoms with Gasteiger partial charge in [-0.1, -0.05) is 6.92 Å². The van der Waals surface area contributed by atoms with Crippen LogP contribution in [-0.4, -0.2) is 19.5 Å². The molecule has 70 valence electrons. The van der Waals surface area contributed by atoms with Gasteiger partial charge in [-0.2, -0.15) is 5.26 Å². The predicted molar refractivity (Wildman–Crippen MR) is 50.4 cm³/mol. The summed E-state index contributed by atoms with van der Waals surface area (Å²) in [5, 5.41) is 8.88. The highest BCUT2D eigenvalue weighted by atomic mass is 15.1. The molecule has 0 atom stereocenters. The minimum absolute atomic E-state index is 0.354. The summed E-state index contributed by atoms with van der Waals surface area (Å²) < 4.78 is 1.79. The molecular formula is C9H9N5. The first-order valence-corrected chi connectivity index (χ1v) is 4.34. The first-order chi connectivity index (χ1) is 6.76. The number of aryl methyl sites for hydroxylation is 2. The minimum Gasteiger partial charge on any atom is -0.318 e. The number of aromatic nitrogens is 4. The van der Waals surface area contributed by atoms with Crippen molar-refractivity contribution in [2.45, 2.75) is 13.3 Å². The van der Waals surface area contributed by atoms with Crippen LogP contribution in [0.5, 0.6) is 0 Å². The first-order valence-electron chi connectivity index (χ1n) is 4.34. The Morgan fingerprint density at radius 3 is 2.93 bits per heavy atom. The summed E-state index contributed by atoms with van der Waals surface area (Å²) in [5.41, 5.74) is 1.65. The van der Waals surface area contributed by atoms with Crippen LogP contribution < -0.4 is 0 Å². The molecule has 2 rings (SSSR count). The second kappa shape index (κ2) is 3.07. The second-order valence-corrected chi connectivity index (χ2v) is 2.98. The maximum atomic E-state index is 8.88. The minimum atomic E-state index is 0.354. The fraction of sp³-hybridized carbons (Fsp3) is 0.333. The molecule has 5 heteroatoms. The Morgan fingerprint density at radius 1 is 1.50 bits per heavy atom. The van der Waals surface area contributed by atoms with E-state index in [1.807, 2.05) is 20.0 Å². The van der Waals surface area contributed by atoms with E-state index in [1.54, 1.807) is 10.9 Å². The van der Waals surface area contributed by atoms with Crippen LogP contribution in [0.1, 0.15) is 18.4 Å². The smallest absolute Gasteiger partial charge is 0.172 e. The van der Waals surface area contributed by atoms with Crippen LogP contribution in [0.3, 0.4) is 0 Å². The number of hydrogen-bond donors (Lipinski definition) is 0. The average Bonchev–Trinajstić information content (AvgIpc) is 2.59. The molecule has 2 aromatic heterocycles. The van der Waals surface area contributed by atoms with Crippen molar-refractivity contribution in [2.24, 2.45) is 7.05 Å². The molecule has 0 aliphatic carbocycles. The van der Waals surface area contributed by atoms with Crippen molar-refractivity contribution in [3.8, 4) is 6.07 Å². The van der Waals surface area contributed by atoms with E-state index in [0.717, 1.165) is 6.42 Å². The number of fused-ring (bicyclic) bond motifs is 1. The predicted octanol–water partition coefficient (Wildman–Crippen LogP) is 0.797. The lowest BCUT2D eigenvalue weighted by Gasteiger charge is -1.98. The number of imidazole rings is 1. The van der Waals surface area contributed by atoms with Crippen molar-refractivity contribution < 1.29 is 0 Å². The van der Waals surface area contributed by atoms with Crippen molar-refractivity contribution in [1.82, 2.24) is 19.5 Å². The molecule has 0 bridgehead atoms. The molecule has 14 heavy (non-hydrogen) atoms. The van der Waals surface area contributed by atoms with E-state index in [9.17, 15) is 0 Å². The van der Waals surface area contributed by atoms with Crippen LogP contribution in [0.15, 0.2) is 6.33 Å². The van der Waals surface area contributed by atoms with Gasteiger partial charge < -0.3 is 4.57 Å². The molecule has 0 saturated heterocycles. The van der Waals surface area contributed by atoms with Crippen molar-refractivity contribution in [2.75, 3.05) is 0 Å². The molecule has 0 spiro atoms. The topological polar surface area (TPSA) is 67.4 Å². The Bertz CT molecular complexity index is 520. The van der Waals surface area contributed by atoms with E-state index in [2.05, 4.69) is 15.0 Å². The molecule has 0 saturated carbocycles. The first kappa shape index (κ1) is 8.63. The molecule has 0 aliphatic rings. The monoisotopic (exact) mass is 187 g/mol. The fourth-order valence-corrected chi connectivity index (χ4v) is 1.29. The highest BCUT2D eigenvalue weighted by molar-refractivity contribution is 5.75. The van der Waals surface area contributed by atoms with E-state index in [4.69, 9.17) is 5.26 Å². The van der Waals surface area contributed by atoms with E-state index in [1.165, 1.54) is 0 Å². The lowest BCUT2D eigenvalue weighted by Crippen LogP contribution is -1.99. The molecule has 0 unspecified atom stereocenters. The molecule has 0 fully saturated rings. The van der Waals surface area contributed by atoms with Crippen LogP contribution in [0.2, 0.25) is 0 Å². The van der Waals surface area contributed by atoms with Gasteiger partial charge in [0.15, 0.2) is 11.3 Å². The third kappa shape index (κ3) is 1.12. The number of nitrogens with zero attached hydrogens (tertiary/aromatic N) is 5. The normalized spacial score (nSPS) is 10.4. The van der Waals surface area contributed by atoms with Gasteiger partial charge in [0.2, 0.25) is 0 Å². The van der Waals surface area contributed by atoms with Crippen molar-refractivity contribution in [3.05, 3.63) is 17.8 Å². The third-order valence-electron chi connectivity index (χ3n) is 2.03. The van der Waals surface area contributed by atoms with Gasteiger partial charge in [0, 0.05) is 13.5 Å². The molecule has 2 aromatic rings. The Hall–Kier alpha value is -1.96. The molecule has 0 aromatic carbocycles. The van der Waals surface area contributed by atoms with Crippen molar-refractivity contribution in [1.29, 1.82) is 5.26 Å². The van der Waals surface area contributed by atoms with E-state index < -0.39 is 0 Å². The average molecular weight is 187 g/mol. The summed E-state index contributed by atoms with van der Waals surface area (Å²) in [6, 6.07) is 2.03. The second-order valence-electron chi connectivity index (χ2n) is 2.98. The lowest BCUT2D eigenvalue weighted by atomic mass is 10.3. The zero-order valence-corrected chi connectivity index (χ0v) is 8.02. The number of hydrogen-bond acceptors (Lipinski definition) is 4. The number of nitriles is 1. The fourth-order valence-electron chi connectivity index (χ4n) is 1.29. The maximum Gasteiger partial charge on any atom is 0.172 e. The molecule has 0 radical (unpaired) electrons. The third-order valence-corrected chi connectivity index (χ3v) is 2.03. The van der Waals surface area contributed by atoms with Crippen molar-refractivity contribution >= 4 is 11.2 Å². The summed E-state index contributed by atoms with van der Waals surface area (Å²) in [7, 11) is 1.85. The van der Waals surface area contributed by atoms with Gasteiger partial charge in [-0.05, 0) is 0 Å². The van der Waals surface area contributed by atoms with E-state index in [-0.39, 0.29) is 0 Å². The van der Waals surface area contributed by atoms with Gasteiger partial charge in [0.25, 0.3) is 0 Å². The summed E-state index contributed by atoms with van der Waals surface area (Å²) >= 11 is 0. The van der Waals surface area contributed by atoms with Gasteiger partial charge >= 0.3 is 0 Å². The van der Waals surface area contributed by atoms with E-state index >= 15 is 0 Å². The van der Waals surface area contributed by atoms with Crippen LogP contribution in [0, 0.1) is 11.3 Å². The largest absolute Gasteiger partial charge is 0.318 e. The van der Waals surface area contributed by atoms with Crippen LogP contribution >= 0.6 is 0 Å². The lowest BCUT2D eigenvalue weighted by molar-refractivity contribution is 0.895. The Morgan fingerprint density at radius 2 is 2.29 bits per heavy atom. The molecule has 0 amide bonds. The Balaban J connectivity index is 2.84. The Labute approximate surface area is 81.0 Å². The summed E-state index contributed by atoms with van der Waals surface area (Å²) in [4.78, 5) is 12.5. The van der Waals surface area contributed by atoms with Crippen LogP contribution in [-0.2, 0) is 13.5 Å². The SMILES string of the molecule is CCc1nc(C#N)c2ncn(C)c2n1. The van der Waals surface area contributed by atoms with Gasteiger partial charge in [0.1, 0.15) is 17.4 Å². The zero-order valence-electron chi connectivity index (χ0n) is 8.02. The quantitative estimate of drug-likeness (QED) is 0.662. The standard InChI is InChI=1S/C9H9N5/c1-3-7-12-6(4-10)8-9(13-7)14(2)5-11-8/h5H,3H2,1-2H3. The number of rotatable bonds is 1. The molecule has 5 nitrogen and oxygen atoms in total. The van der Waals surface area contributed by atoms with Gasteiger partial charge in [-0.25, -0.2) is 15.0 Å². The van der Waals surface area contributed by atoms with Gasteiger partial charge in [0.05, 0.1) is 6.33 Å². The summed E-state index contributed by atoms with van der Waals surface area (Å²) in [6.07, 6.45) is 2.36. The molecular weight excluding hydrogens is 178 g/mol. The van der Waals surface area contributed by atoms with Gasteiger partial charge in [-0.15, -0.1) is 0 Å². The van der Waals surface area contributed by atoms with E-state index in [0.29, 0.717) is 22.7 Å².